The average molecular weight is 300 g/mol. The van der Waals surface area contributed by atoms with E-state index in [4.69, 9.17) is 5.11 Å². The van der Waals surface area contributed by atoms with Crippen molar-refractivity contribution in [2.45, 2.75) is 22.7 Å². The Labute approximate surface area is 117 Å². The van der Waals surface area contributed by atoms with Crippen LogP contribution >= 0.6 is 11.8 Å². The first-order valence-electron chi connectivity index (χ1n) is 5.80. The monoisotopic (exact) mass is 300 g/mol. The van der Waals surface area contributed by atoms with Crippen molar-refractivity contribution in [1.82, 2.24) is 0 Å². The molecule has 2 rings (SSSR count). The van der Waals surface area contributed by atoms with E-state index in [0.717, 1.165) is 10.8 Å². The second kappa shape index (κ2) is 5.75. The summed E-state index contributed by atoms with van der Waals surface area (Å²) in [4.78, 5) is 11.0. The standard InChI is InChI=1S/C14H11F3O2S/c15-14(16,17)12(8-13(18)19)20-11-6-5-9-3-1-2-4-10(9)7-11/h1-7,12H,8H2,(H,18,19). The SMILES string of the molecule is O=C(O)CC(Sc1ccc2ccccc2c1)C(F)(F)F. The third-order valence-electron chi connectivity index (χ3n) is 2.72. The van der Waals surface area contributed by atoms with Gasteiger partial charge in [0.25, 0.3) is 0 Å². The predicted octanol–water partition coefficient (Wildman–Crippen LogP) is 4.34. The third kappa shape index (κ3) is 3.66. The fourth-order valence-corrected chi connectivity index (χ4v) is 2.82. The molecule has 0 fully saturated rings. The largest absolute Gasteiger partial charge is 0.481 e. The minimum atomic E-state index is -4.55. The van der Waals surface area contributed by atoms with Crippen LogP contribution in [0.2, 0.25) is 0 Å². The van der Waals surface area contributed by atoms with Gasteiger partial charge in [0.05, 0.1) is 6.42 Å². The lowest BCUT2D eigenvalue weighted by molar-refractivity contribution is -0.149. The molecular weight excluding hydrogens is 289 g/mol. The van der Waals surface area contributed by atoms with Gasteiger partial charge in [-0.15, -0.1) is 11.8 Å². The van der Waals surface area contributed by atoms with Crippen LogP contribution in [0.15, 0.2) is 47.4 Å². The predicted molar refractivity (Wildman–Crippen MR) is 71.9 cm³/mol. The maximum Gasteiger partial charge on any atom is 0.401 e. The van der Waals surface area contributed by atoms with Crippen molar-refractivity contribution in [3.63, 3.8) is 0 Å². The lowest BCUT2D eigenvalue weighted by Gasteiger charge is -2.18. The number of carbonyl (C=O) groups is 1. The molecule has 106 valence electrons. The molecule has 1 unspecified atom stereocenters. The van der Waals surface area contributed by atoms with Crippen molar-refractivity contribution in [3.8, 4) is 0 Å². The van der Waals surface area contributed by atoms with Gasteiger partial charge in [0.15, 0.2) is 0 Å². The van der Waals surface area contributed by atoms with Crippen LogP contribution in [0.1, 0.15) is 6.42 Å². The van der Waals surface area contributed by atoms with Gasteiger partial charge in [0.1, 0.15) is 5.25 Å². The number of fused-ring (bicyclic) bond motifs is 1. The molecule has 0 amide bonds. The van der Waals surface area contributed by atoms with Crippen LogP contribution in [0, 0.1) is 0 Å². The number of hydrogen-bond acceptors (Lipinski definition) is 2. The molecular formula is C14H11F3O2S. The summed E-state index contributed by atoms with van der Waals surface area (Å²) >= 11 is 0.533. The summed E-state index contributed by atoms with van der Waals surface area (Å²) in [5, 5.41) is 8.40. The summed E-state index contributed by atoms with van der Waals surface area (Å²) in [5.74, 6) is -1.46. The van der Waals surface area contributed by atoms with Crippen molar-refractivity contribution in [2.24, 2.45) is 0 Å². The smallest absolute Gasteiger partial charge is 0.401 e. The fourth-order valence-electron chi connectivity index (χ4n) is 1.79. The third-order valence-corrected chi connectivity index (χ3v) is 3.97. The van der Waals surface area contributed by atoms with Crippen molar-refractivity contribution in [3.05, 3.63) is 42.5 Å². The number of benzene rings is 2. The van der Waals surface area contributed by atoms with Gasteiger partial charge < -0.3 is 5.11 Å². The number of alkyl halides is 3. The average Bonchev–Trinajstić information content (AvgIpc) is 2.36. The Balaban J connectivity index is 2.26. The van der Waals surface area contributed by atoms with E-state index < -0.39 is 23.8 Å². The molecule has 0 saturated heterocycles. The molecule has 2 aromatic rings. The Morgan fingerprint density at radius 2 is 1.80 bits per heavy atom. The van der Waals surface area contributed by atoms with E-state index >= 15 is 0 Å². The first-order valence-corrected chi connectivity index (χ1v) is 6.68. The Hall–Kier alpha value is -1.69. The summed E-state index contributed by atoms with van der Waals surface area (Å²) in [6.07, 6.45) is -5.49. The molecule has 6 heteroatoms. The molecule has 0 aliphatic carbocycles. The Bertz CT molecular complexity index is 625. The molecule has 2 nitrogen and oxygen atoms in total. The highest BCUT2D eigenvalue weighted by Gasteiger charge is 2.41. The lowest BCUT2D eigenvalue weighted by Crippen LogP contribution is -2.28. The van der Waals surface area contributed by atoms with E-state index in [-0.39, 0.29) is 0 Å². The van der Waals surface area contributed by atoms with E-state index in [1.165, 1.54) is 0 Å². The zero-order chi connectivity index (χ0) is 14.8. The molecule has 0 aromatic heterocycles. The van der Waals surface area contributed by atoms with Gasteiger partial charge in [0, 0.05) is 4.90 Å². The second-order valence-electron chi connectivity index (χ2n) is 4.25. The van der Waals surface area contributed by atoms with Gasteiger partial charge in [-0.2, -0.15) is 13.2 Å². The van der Waals surface area contributed by atoms with Gasteiger partial charge in [0.2, 0.25) is 0 Å². The summed E-state index contributed by atoms with van der Waals surface area (Å²) in [5.41, 5.74) is 0. The topological polar surface area (TPSA) is 37.3 Å². The van der Waals surface area contributed by atoms with E-state index in [1.54, 1.807) is 30.3 Å². The number of thioether (sulfide) groups is 1. The maximum absolute atomic E-state index is 12.8. The van der Waals surface area contributed by atoms with E-state index in [2.05, 4.69) is 0 Å². The molecule has 1 atom stereocenters. The quantitative estimate of drug-likeness (QED) is 0.854. The number of hydrogen-bond donors (Lipinski definition) is 1. The molecule has 0 bridgehead atoms. The molecule has 1 N–H and O–H groups in total. The molecule has 0 aliphatic heterocycles. The number of aliphatic carboxylic acids is 1. The van der Waals surface area contributed by atoms with Crippen LogP contribution < -0.4 is 0 Å². The maximum atomic E-state index is 12.8. The first kappa shape index (κ1) is 14.7. The number of halogens is 3. The molecule has 20 heavy (non-hydrogen) atoms. The van der Waals surface area contributed by atoms with Gasteiger partial charge in [-0.3, -0.25) is 4.79 Å². The number of carboxylic acid groups (broad SMARTS) is 1. The van der Waals surface area contributed by atoms with Gasteiger partial charge in [-0.05, 0) is 22.9 Å². The Morgan fingerprint density at radius 1 is 1.15 bits per heavy atom. The van der Waals surface area contributed by atoms with E-state index in [0.29, 0.717) is 16.7 Å². The molecule has 0 spiro atoms. The van der Waals surface area contributed by atoms with Crippen molar-refractivity contribution < 1.29 is 23.1 Å². The van der Waals surface area contributed by atoms with Gasteiger partial charge in [-0.1, -0.05) is 30.3 Å². The highest BCUT2D eigenvalue weighted by atomic mass is 32.2. The summed E-state index contributed by atoms with van der Waals surface area (Å²) in [6.45, 7) is 0. The fraction of sp³-hybridized carbons (Fsp3) is 0.214. The van der Waals surface area contributed by atoms with E-state index in [9.17, 15) is 18.0 Å². The van der Waals surface area contributed by atoms with Crippen LogP contribution in [-0.4, -0.2) is 22.5 Å². The zero-order valence-corrected chi connectivity index (χ0v) is 11.0. The summed E-state index contributed by atoms with van der Waals surface area (Å²) in [6, 6.07) is 12.3. The lowest BCUT2D eigenvalue weighted by atomic mass is 10.1. The number of rotatable bonds is 4. The summed E-state index contributed by atoms with van der Waals surface area (Å²) < 4.78 is 38.4. The molecule has 2 aromatic carbocycles. The zero-order valence-electron chi connectivity index (χ0n) is 10.2. The molecule has 0 aliphatic rings. The molecule has 0 heterocycles. The normalized spacial score (nSPS) is 13.3. The minimum absolute atomic E-state index is 0.410. The summed E-state index contributed by atoms with van der Waals surface area (Å²) in [7, 11) is 0. The van der Waals surface area contributed by atoms with Crippen LogP contribution in [0.4, 0.5) is 13.2 Å². The van der Waals surface area contributed by atoms with Gasteiger partial charge in [-0.25, -0.2) is 0 Å². The van der Waals surface area contributed by atoms with E-state index in [1.807, 2.05) is 12.1 Å². The van der Waals surface area contributed by atoms with Crippen molar-refractivity contribution in [2.75, 3.05) is 0 Å². The Kier molecular flexibility index (Phi) is 4.23. The van der Waals surface area contributed by atoms with Gasteiger partial charge >= 0.3 is 12.1 Å². The first-order chi connectivity index (χ1) is 9.36. The van der Waals surface area contributed by atoms with Crippen LogP contribution in [0.3, 0.4) is 0 Å². The minimum Gasteiger partial charge on any atom is -0.481 e. The second-order valence-corrected chi connectivity index (χ2v) is 5.53. The highest BCUT2D eigenvalue weighted by Crippen LogP contribution is 2.38. The number of carboxylic acids is 1. The van der Waals surface area contributed by atoms with Crippen LogP contribution in [-0.2, 0) is 4.79 Å². The van der Waals surface area contributed by atoms with Crippen molar-refractivity contribution >= 4 is 28.5 Å². The molecule has 0 saturated carbocycles. The van der Waals surface area contributed by atoms with Crippen LogP contribution in [0.5, 0.6) is 0 Å². The van der Waals surface area contributed by atoms with Crippen molar-refractivity contribution in [1.29, 1.82) is 0 Å². The Morgan fingerprint density at radius 3 is 2.40 bits per heavy atom. The highest BCUT2D eigenvalue weighted by molar-refractivity contribution is 8.00. The van der Waals surface area contributed by atoms with Crippen LogP contribution in [0.25, 0.3) is 10.8 Å². The molecule has 0 radical (unpaired) electrons.